The van der Waals surface area contributed by atoms with E-state index in [0.717, 1.165) is 160 Å². The molecular formula is C109H85N. The van der Waals surface area contributed by atoms with E-state index in [4.69, 9.17) is 12.8 Å². The molecule has 13 aromatic rings. The van der Waals surface area contributed by atoms with Crippen molar-refractivity contribution in [2.45, 2.75) is 135 Å². The third-order valence-corrected chi connectivity index (χ3v) is 23.5. The first-order valence-corrected chi connectivity index (χ1v) is 39.3. The lowest BCUT2D eigenvalue weighted by molar-refractivity contribution is 0.414. The van der Waals surface area contributed by atoms with Crippen molar-refractivity contribution in [3.63, 3.8) is 0 Å². The average Bonchev–Trinajstić information content (AvgIpc) is 1.50. The molecule has 0 saturated heterocycles. The van der Waals surface area contributed by atoms with Crippen LogP contribution in [0.3, 0.4) is 0 Å². The van der Waals surface area contributed by atoms with Crippen molar-refractivity contribution in [2.75, 3.05) is 4.90 Å². The SMILES string of the molecule is C#CC#CC#CC#CC1(C#CC#CC#CC#C)c2cc(-c3cc4c5ccccc5c(-c5cc(-c6ccccc6)cc(-c6ccccc6)c5)cc4c4ccccc34)ccc2-c2ccc(N(c3ccc4c(c3)C(CCCC)(CCCC)c3cc(C)ccc3-4)c3ccc4c(c3)C(CCCC)(CCCC)c3cc(C)ccc3-4)cc21. The van der Waals surface area contributed by atoms with E-state index in [-0.39, 0.29) is 10.8 Å². The molecule has 110 heavy (non-hydrogen) atoms. The molecule has 0 unspecified atom stereocenters. The number of benzene rings is 13. The first kappa shape index (κ1) is 71.2. The fourth-order valence-electron chi connectivity index (χ4n) is 18.4. The molecule has 3 aliphatic carbocycles. The Bertz CT molecular complexity index is 6110. The van der Waals surface area contributed by atoms with Crippen molar-refractivity contribution in [1.82, 2.24) is 0 Å². The quantitative estimate of drug-likeness (QED) is 0.0576. The Balaban J connectivity index is 0.931. The van der Waals surface area contributed by atoms with Gasteiger partial charge < -0.3 is 4.90 Å². The Hall–Kier alpha value is -13.1. The molecule has 0 aromatic heterocycles. The molecule has 13 aromatic carbocycles. The van der Waals surface area contributed by atoms with Crippen LogP contribution in [0.4, 0.5) is 17.1 Å². The van der Waals surface area contributed by atoms with Gasteiger partial charge in [-0.2, -0.15) is 0 Å². The van der Waals surface area contributed by atoms with Crippen LogP contribution < -0.4 is 4.90 Å². The lowest BCUT2D eigenvalue weighted by atomic mass is 9.70. The molecule has 0 bridgehead atoms. The van der Waals surface area contributed by atoms with Crippen LogP contribution in [-0.4, -0.2) is 0 Å². The van der Waals surface area contributed by atoms with Crippen molar-refractivity contribution in [3.8, 4) is 174 Å². The van der Waals surface area contributed by atoms with E-state index >= 15 is 0 Å². The zero-order chi connectivity index (χ0) is 75.4. The first-order valence-electron chi connectivity index (χ1n) is 39.3. The van der Waals surface area contributed by atoms with Crippen LogP contribution in [0.2, 0.25) is 0 Å². The minimum absolute atomic E-state index is 0.166. The van der Waals surface area contributed by atoms with E-state index in [1.165, 1.54) is 88.5 Å². The summed E-state index contributed by atoms with van der Waals surface area (Å²) in [7, 11) is 0. The Kier molecular flexibility index (Phi) is 19.8. The Labute approximate surface area is 651 Å². The topological polar surface area (TPSA) is 3.24 Å². The van der Waals surface area contributed by atoms with E-state index in [9.17, 15) is 0 Å². The van der Waals surface area contributed by atoms with Crippen LogP contribution in [0.15, 0.2) is 249 Å². The summed E-state index contributed by atoms with van der Waals surface area (Å²) in [5.74, 6) is 42.1. The maximum atomic E-state index is 5.65. The highest BCUT2D eigenvalue weighted by Crippen LogP contribution is 2.60. The molecule has 0 fully saturated rings. The molecule has 1 heteroatoms. The van der Waals surface area contributed by atoms with Crippen LogP contribution in [0.5, 0.6) is 0 Å². The normalized spacial score (nSPS) is 12.8. The summed E-state index contributed by atoms with van der Waals surface area (Å²) in [6.45, 7) is 13.9. The molecule has 16 rings (SSSR count). The maximum Gasteiger partial charge on any atom is 0.145 e. The fraction of sp³-hybridized carbons (Fsp3) is 0.193. The number of hydrogen-bond donors (Lipinski definition) is 0. The molecule has 0 aliphatic heterocycles. The third-order valence-electron chi connectivity index (χ3n) is 23.5. The van der Waals surface area contributed by atoms with Gasteiger partial charge in [-0.3, -0.25) is 0 Å². The summed E-state index contributed by atoms with van der Waals surface area (Å²) in [4.78, 5) is 2.54. The van der Waals surface area contributed by atoms with Gasteiger partial charge in [0.1, 0.15) is 5.41 Å². The zero-order valence-corrected chi connectivity index (χ0v) is 63.8. The van der Waals surface area contributed by atoms with E-state index in [1.807, 2.05) is 0 Å². The second kappa shape index (κ2) is 30.6. The van der Waals surface area contributed by atoms with E-state index in [0.29, 0.717) is 0 Å². The van der Waals surface area contributed by atoms with Crippen LogP contribution >= 0.6 is 0 Å². The van der Waals surface area contributed by atoms with Crippen molar-refractivity contribution in [2.24, 2.45) is 0 Å². The number of fused-ring (bicyclic) bond motifs is 14. The van der Waals surface area contributed by atoms with Gasteiger partial charge in [-0.1, -0.05) is 278 Å². The number of anilines is 3. The Morgan fingerprint density at radius 3 is 1.03 bits per heavy atom. The molecule has 3 aliphatic rings. The van der Waals surface area contributed by atoms with Crippen molar-refractivity contribution >= 4 is 49.4 Å². The number of hydrogen-bond acceptors (Lipinski definition) is 1. The summed E-state index contributed by atoms with van der Waals surface area (Å²) < 4.78 is 0. The molecule has 0 amide bonds. The summed E-state index contributed by atoms with van der Waals surface area (Å²) in [6, 6.07) is 94.2. The third kappa shape index (κ3) is 12.7. The van der Waals surface area contributed by atoms with Gasteiger partial charge in [0.15, 0.2) is 0 Å². The molecule has 0 N–H and O–H groups in total. The minimum atomic E-state index is -1.31. The van der Waals surface area contributed by atoms with Gasteiger partial charge in [-0.05, 0) is 327 Å². The van der Waals surface area contributed by atoms with Crippen molar-refractivity contribution in [3.05, 3.63) is 293 Å². The number of unbranched alkanes of at least 4 members (excludes halogenated alkanes) is 4. The highest BCUT2D eigenvalue weighted by atomic mass is 15.1. The number of terminal acetylenes is 2. The van der Waals surface area contributed by atoms with Gasteiger partial charge >= 0.3 is 0 Å². The second-order valence-electron chi connectivity index (χ2n) is 30.1. The predicted octanol–water partition coefficient (Wildman–Crippen LogP) is 26.7. The Morgan fingerprint density at radius 2 is 0.600 bits per heavy atom. The molecule has 0 heterocycles. The van der Waals surface area contributed by atoms with E-state index in [1.54, 1.807) is 0 Å². The van der Waals surface area contributed by atoms with Gasteiger partial charge in [0.05, 0.1) is 0 Å². The molecular weight excluding hydrogens is 1320 g/mol. The van der Waals surface area contributed by atoms with Crippen LogP contribution in [0, 0.1) is 110 Å². The number of aryl methyl sites for hydroxylation is 2. The van der Waals surface area contributed by atoms with Gasteiger partial charge in [-0.25, -0.2) is 0 Å². The lowest BCUT2D eigenvalue weighted by Crippen LogP contribution is -2.26. The van der Waals surface area contributed by atoms with Crippen molar-refractivity contribution < 1.29 is 0 Å². The zero-order valence-electron chi connectivity index (χ0n) is 63.8. The Morgan fingerprint density at radius 1 is 0.264 bits per heavy atom. The monoisotopic (exact) mass is 1410 g/mol. The highest BCUT2D eigenvalue weighted by molar-refractivity contribution is 6.24. The molecule has 0 spiro atoms. The van der Waals surface area contributed by atoms with E-state index in [2.05, 4.69) is 378 Å². The summed E-state index contributed by atoms with van der Waals surface area (Å²) >= 11 is 0. The highest BCUT2D eigenvalue weighted by Gasteiger charge is 2.46. The smallest absolute Gasteiger partial charge is 0.145 e. The molecule has 0 saturated carbocycles. The van der Waals surface area contributed by atoms with Crippen molar-refractivity contribution in [1.29, 1.82) is 0 Å². The van der Waals surface area contributed by atoms with Crippen LogP contribution in [0.1, 0.15) is 149 Å². The molecule has 0 radical (unpaired) electrons. The van der Waals surface area contributed by atoms with Gasteiger partial charge in [-0.15, -0.1) is 12.8 Å². The molecule has 1 nitrogen and oxygen atoms in total. The van der Waals surface area contributed by atoms with Crippen LogP contribution in [-0.2, 0) is 16.2 Å². The summed E-state index contributed by atoms with van der Waals surface area (Å²) in [5, 5.41) is 6.94. The van der Waals surface area contributed by atoms with E-state index < -0.39 is 5.41 Å². The number of rotatable bonds is 19. The lowest BCUT2D eigenvalue weighted by Gasteiger charge is -2.35. The minimum Gasteiger partial charge on any atom is -0.310 e. The molecule has 526 valence electrons. The average molecular weight is 1410 g/mol. The fourth-order valence-corrected chi connectivity index (χ4v) is 18.4. The largest absolute Gasteiger partial charge is 0.310 e. The maximum absolute atomic E-state index is 5.65. The van der Waals surface area contributed by atoms with Gasteiger partial charge in [0, 0.05) is 27.9 Å². The standard InChI is InChI=1S/C109H85N/c1-9-15-21-23-25-37-63-109(64-38-26-24-22-16-10-2)103-70-80(97-74-99-90-46-36-34-44-88(90)98(75-100(99)89-45-35-33-43-87(89)97)83-68-81(78-39-29-27-30-40-78)67-82(69-83)79-41-31-28-32-42-79)49-55-93(103)96-58-52-86(73-106(96)109)110(84-50-56-94-91-53-47-76(7)65-101(91)107(59-17-11-3,60-18-12-4)104(94)71-84)85-51-57-95-92-54-48-77(8)66-102(92)108(61-19-13-5,62-20-14-6)105(95)72-85/h1-2,27-36,39-58,65-75H,11-14,17-20,59-62H2,3-8H3. The second-order valence-corrected chi connectivity index (χ2v) is 30.1. The van der Waals surface area contributed by atoms with Gasteiger partial charge in [0.25, 0.3) is 0 Å². The van der Waals surface area contributed by atoms with Crippen LogP contribution in [0.25, 0.3) is 110 Å². The first-order chi connectivity index (χ1) is 54.1. The predicted molar refractivity (Wildman–Crippen MR) is 466 cm³/mol. The summed E-state index contributed by atoms with van der Waals surface area (Å²) in [5.41, 5.74) is 28.2. The number of nitrogens with zero attached hydrogens (tertiary/aromatic N) is 1. The van der Waals surface area contributed by atoms with Gasteiger partial charge in [0.2, 0.25) is 0 Å². The summed E-state index contributed by atoms with van der Waals surface area (Å²) in [6.07, 6.45) is 24.6. The molecule has 0 atom stereocenters.